The van der Waals surface area contributed by atoms with Crippen LogP contribution in [-0.4, -0.2) is 39.8 Å². The van der Waals surface area contributed by atoms with Crippen LogP contribution in [0, 0.1) is 5.92 Å². The minimum absolute atomic E-state index is 0.0167. The van der Waals surface area contributed by atoms with E-state index >= 15 is 0 Å². The zero-order valence-corrected chi connectivity index (χ0v) is 19.9. The molecule has 0 spiro atoms. The highest BCUT2D eigenvalue weighted by Gasteiger charge is 2.38. The maximum Gasteiger partial charge on any atom is 0.251 e. The van der Waals surface area contributed by atoms with Crippen molar-refractivity contribution in [2.45, 2.75) is 32.1 Å². The number of ether oxygens (including phenoxy) is 2. The molecule has 3 rings (SSSR count). The zero-order chi connectivity index (χ0) is 24.1. The number of nitrogens with two attached hydrogens (primary N) is 2. The Morgan fingerprint density at radius 2 is 2.15 bits per heavy atom. The normalized spacial score (nSPS) is 21.5. The molecule has 2 aromatic heterocycles. The van der Waals surface area contributed by atoms with Crippen molar-refractivity contribution in [3.05, 3.63) is 65.1 Å². The van der Waals surface area contributed by atoms with Crippen molar-refractivity contribution in [2.75, 3.05) is 18.9 Å². The second-order valence-electron chi connectivity index (χ2n) is 7.79. The number of nitrogens with zero attached hydrogens (tertiary/aromatic N) is 3. The van der Waals surface area contributed by atoms with Crippen LogP contribution in [0.5, 0.6) is 0 Å². The SMILES string of the molecule is C=CC(Cl)=CC(Cl)=CCOCCC1CC(C(=C)C)C(n2cc(C(N)=O)c3c(N)ncnc32)O1. The van der Waals surface area contributed by atoms with Crippen molar-refractivity contribution in [1.82, 2.24) is 14.5 Å². The van der Waals surface area contributed by atoms with Gasteiger partial charge in [-0.2, -0.15) is 0 Å². The summed E-state index contributed by atoms with van der Waals surface area (Å²) in [7, 11) is 0. The fourth-order valence-corrected chi connectivity index (χ4v) is 4.17. The molecule has 0 aromatic carbocycles. The first-order valence-corrected chi connectivity index (χ1v) is 11.1. The Morgan fingerprint density at radius 1 is 1.39 bits per heavy atom. The largest absolute Gasteiger partial charge is 0.383 e. The van der Waals surface area contributed by atoms with Gasteiger partial charge < -0.3 is 25.5 Å². The first-order valence-electron chi connectivity index (χ1n) is 10.4. The minimum atomic E-state index is -0.606. The molecule has 33 heavy (non-hydrogen) atoms. The smallest absolute Gasteiger partial charge is 0.251 e. The first-order chi connectivity index (χ1) is 15.7. The monoisotopic (exact) mass is 491 g/mol. The predicted molar refractivity (Wildman–Crippen MR) is 131 cm³/mol. The molecule has 0 aliphatic carbocycles. The zero-order valence-electron chi connectivity index (χ0n) is 18.3. The molecule has 1 saturated heterocycles. The van der Waals surface area contributed by atoms with E-state index in [1.807, 2.05) is 6.92 Å². The number of allylic oxidation sites excluding steroid dienone is 4. The number of fused-ring (bicyclic) bond motifs is 1. The second kappa shape index (κ2) is 11.0. The molecule has 3 atom stereocenters. The molecule has 4 N–H and O–H groups in total. The lowest BCUT2D eigenvalue weighted by molar-refractivity contribution is -0.0186. The lowest BCUT2D eigenvalue weighted by Crippen LogP contribution is -2.17. The number of hydrogen-bond acceptors (Lipinski definition) is 6. The average molecular weight is 492 g/mol. The Bertz CT molecular complexity index is 1120. The van der Waals surface area contributed by atoms with E-state index in [0.717, 1.165) is 12.0 Å². The quantitative estimate of drug-likeness (QED) is 0.288. The third kappa shape index (κ3) is 5.83. The number of halogens is 2. The number of aromatic nitrogens is 3. The average Bonchev–Trinajstić information content (AvgIpc) is 3.36. The van der Waals surface area contributed by atoms with Gasteiger partial charge in [-0.1, -0.05) is 48.0 Å². The maximum atomic E-state index is 12.0. The van der Waals surface area contributed by atoms with Crippen molar-refractivity contribution in [3.63, 3.8) is 0 Å². The molecule has 1 aliphatic heterocycles. The van der Waals surface area contributed by atoms with Gasteiger partial charge in [0, 0.05) is 28.8 Å². The summed E-state index contributed by atoms with van der Waals surface area (Å²) in [4.78, 5) is 20.3. The predicted octanol–water partition coefficient (Wildman–Crippen LogP) is 4.43. The molecule has 1 amide bonds. The number of primary amides is 1. The van der Waals surface area contributed by atoms with Crippen LogP contribution < -0.4 is 11.5 Å². The first kappa shape index (κ1) is 25.0. The fourth-order valence-electron chi connectivity index (χ4n) is 3.81. The molecule has 0 saturated carbocycles. The van der Waals surface area contributed by atoms with Gasteiger partial charge in [-0.15, -0.1) is 0 Å². The van der Waals surface area contributed by atoms with Crippen molar-refractivity contribution < 1.29 is 14.3 Å². The molecule has 0 radical (unpaired) electrons. The van der Waals surface area contributed by atoms with E-state index in [0.29, 0.717) is 40.7 Å². The fraction of sp³-hybridized carbons (Fsp3) is 0.348. The molecule has 8 nitrogen and oxygen atoms in total. The van der Waals surface area contributed by atoms with E-state index in [2.05, 4.69) is 23.1 Å². The highest BCUT2D eigenvalue weighted by molar-refractivity contribution is 6.35. The van der Waals surface area contributed by atoms with Crippen LogP contribution in [0.1, 0.15) is 36.4 Å². The molecule has 1 fully saturated rings. The summed E-state index contributed by atoms with van der Waals surface area (Å²) in [5.41, 5.74) is 13.3. The Balaban J connectivity index is 1.71. The van der Waals surface area contributed by atoms with E-state index in [-0.39, 0.29) is 23.4 Å². The van der Waals surface area contributed by atoms with E-state index in [1.54, 1.807) is 22.9 Å². The van der Waals surface area contributed by atoms with Crippen LogP contribution in [0.3, 0.4) is 0 Å². The van der Waals surface area contributed by atoms with E-state index in [4.69, 9.17) is 44.1 Å². The van der Waals surface area contributed by atoms with Crippen molar-refractivity contribution in [1.29, 1.82) is 0 Å². The van der Waals surface area contributed by atoms with Gasteiger partial charge in [0.15, 0.2) is 0 Å². The van der Waals surface area contributed by atoms with E-state index < -0.39 is 12.1 Å². The third-order valence-corrected chi connectivity index (χ3v) is 5.98. The number of nitrogen functional groups attached to an aromatic ring is 1. The Labute approximate surface area is 202 Å². The van der Waals surface area contributed by atoms with Gasteiger partial charge in [0.25, 0.3) is 5.91 Å². The van der Waals surface area contributed by atoms with Gasteiger partial charge in [0.2, 0.25) is 0 Å². The second-order valence-corrected chi connectivity index (χ2v) is 8.67. The topological polar surface area (TPSA) is 118 Å². The number of carbonyl (C=O) groups excluding carboxylic acids is 1. The third-order valence-electron chi connectivity index (χ3n) is 5.46. The molecule has 0 bridgehead atoms. The Kier molecular flexibility index (Phi) is 8.31. The summed E-state index contributed by atoms with van der Waals surface area (Å²) in [5, 5.41) is 1.36. The molecule has 10 heteroatoms. The van der Waals surface area contributed by atoms with Crippen LogP contribution in [0.25, 0.3) is 11.0 Å². The van der Waals surface area contributed by atoms with Gasteiger partial charge in [0.1, 0.15) is 24.0 Å². The molecule has 2 aromatic rings. The molecule has 1 aliphatic rings. The standard InChI is InChI=1S/C23H27Cl2N5O3/c1-4-14(24)9-15(25)5-7-32-8-6-16-10-17(13(2)3)23(33-16)30-11-18(21(27)31)19-20(26)28-12-29-22(19)30/h4-5,9,11-12,16-17,23H,1-2,6-8,10H2,3H3,(H2,27,31)(H2,26,28,29). The summed E-state index contributed by atoms with van der Waals surface area (Å²) in [5.74, 6) is -0.396. The number of hydrogen-bond donors (Lipinski definition) is 2. The number of amides is 1. The number of anilines is 1. The summed E-state index contributed by atoms with van der Waals surface area (Å²) in [6, 6.07) is 0. The Hall–Kier alpha value is -2.65. The van der Waals surface area contributed by atoms with Crippen molar-refractivity contribution in [3.8, 4) is 0 Å². The maximum absolute atomic E-state index is 12.0. The highest BCUT2D eigenvalue weighted by Crippen LogP contribution is 2.42. The van der Waals surface area contributed by atoms with Crippen molar-refractivity contribution in [2.24, 2.45) is 11.7 Å². The Morgan fingerprint density at radius 3 is 2.82 bits per heavy atom. The van der Waals surface area contributed by atoms with Gasteiger partial charge in [0.05, 0.1) is 23.7 Å². The molecular formula is C23H27Cl2N5O3. The van der Waals surface area contributed by atoms with Crippen LogP contribution in [0.15, 0.2) is 59.5 Å². The van der Waals surface area contributed by atoms with Crippen LogP contribution in [0.4, 0.5) is 5.82 Å². The van der Waals surface area contributed by atoms with Crippen LogP contribution in [-0.2, 0) is 9.47 Å². The molecule has 176 valence electrons. The van der Waals surface area contributed by atoms with E-state index in [9.17, 15) is 4.79 Å². The van der Waals surface area contributed by atoms with Crippen molar-refractivity contribution >= 4 is 46.0 Å². The summed E-state index contributed by atoms with van der Waals surface area (Å²) in [6.07, 6.45) is 8.77. The number of carbonyl (C=O) groups is 1. The lowest BCUT2D eigenvalue weighted by atomic mass is 9.95. The van der Waals surface area contributed by atoms with Crippen LogP contribution in [0.2, 0.25) is 0 Å². The summed E-state index contributed by atoms with van der Waals surface area (Å²) in [6.45, 7) is 10.5. The van der Waals surface area contributed by atoms with Gasteiger partial charge in [-0.3, -0.25) is 4.79 Å². The summed E-state index contributed by atoms with van der Waals surface area (Å²) >= 11 is 11.9. The van der Waals surface area contributed by atoms with E-state index in [1.165, 1.54) is 12.4 Å². The highest BCUT2D eigenvalue weighted by atomic mass is 35.5. The molecule has 3 heterocycles. The van der Waals surface area contributed by atoms with Gasteiger partial charge in [-0.05, 0) is 31.9 Å². The molecule has 3 unspecified atom stereocenters. The van der Waals surface area contributed by atoms with Crippen LogP contribution >= 0.6 is 23.2 Å². The van der Waals surface area contributed by atoms with Gasteiger partial charge in [-0.25, -0.2) is 9.97 Å². The number of rotatable bonds is 10. The summed E-state index contributed by atoms with van der Waals surface area (Å²) < 4.78 is 13.8. The lowest BCUT2D eigenvalue weighted by Gasteiger charge is -2.21. The minimum Gasteiger partial charge on any atom is -0.383 e. The molecular weight excluding hydrogens is 465 g/mol. The van der Waals surface area contributed by atoms with Gasteiger partial charge >= 0.3 is 0 Å².